The van der Waals surface area contributed by atoms with Gasteiger partial charge < -0.3 is 14.9 Å². The fourth-order valence-corrected chi connectivity index (χ4v) is 6.82. The van der Waals surface area contributed by atoms with Crippen LogP contribution in [0.3, 0.4) is 0 Å². The van der Waals surface area contributed by atoms with E-state index in [4.69, 9.17) is 16.3 Å². The molecule has 5 aromatic rings. The molecule has 1 atom stereocenters. The lowest BCUT2D eigenvalue weighted by molar-refractivity contribution is 0.0694. The Labute approximate surface area is 280 Å². The van der Waals surface area contributed by atoms with Crippen molar-refractivity contribution in [2.24, 2.45) is 0 Å². The number of aryl methyl sites for hydroxylation is 1. The highest BCUT2D eigenvalue weighted by Crippen LogP contribution is 2.32. The minimum atomic E-state index is -3.81. The molecule has 0 aliphatic heterocycles. The summed E-state index contributed by atoms with van der Waals surface area (Å²) in [5, 5.41) is 21.1. The number of hydrogen-bond acceptors (Lipinski definition) is 6. The molecule has 0 saturated heterocycles. The zero-order valence-electron chi connectivity index (χ0n) is 25.9. The van der Waals surface area contributed by atoms with Gasteiger partial charge in [-0.05, 0) is 89.7 Å². The Morgan fingerprint density at radius 3 is 2.13 bits per heavy atom. The second-order valence-corrected chi connectivity index (χ2v) is 13.6. The van der Waals surface area contributed by atoms with Crippen LogP contribution in [0.1, 0.15) is 45.6 Å². The number of halogens is 1. The molecule has 0 aliphatic carbocycles. The van der Waals surface area contributed by atoms with Gasteiger partial charge in [-0.2, -0.15) is 0 Å². The van der Waals surface area contributed by atoms with Gasteiger partial charge in [-0.15, -0.1) is 0 Å². The molecule has 5 aromatic carbocycles. The zero-order valence-corrected chi connectivity index (χ0v) is 27.5. The summed E-state index contributed by atoms with van der Waals surface area (Å²) in [6.07, 6.45) is 0.510. The first-order valence-electron chi connectivity index (χ1n) is 15.3. The summed E-state index contributed by atoms with van der Waals surface area (Å²) in [5.41, 5.74) is 3.62. The van der Waals surface area contributed by atoms with Crippen LogP contribution in [-0.2, 0) is 29.2 Å². The number of benzene rings is 5. The Bertz CT molecular complexity index is 1910. The molecule has 0 bridgehead atoms. The van der Waals surface area contributed by atoms with Gasteiger partial charge in [-0.1, -0.05) is 85.3 Å². The average molecular weight is 670 g/mol. The topological polar surface area (TPSA) is 104 Å². The third kappa shape index (κ3) is 8.67. The van der Waals surface area contributed by atoms with Gasteiger partial charge in [-0.25, -0.2) is 13.2 Å². The van der Waals surface area contributed by atoms with E-state index in [1.807, 2.05) is 49.4 Å². The summed E-state index contributed by atoms with van der Waals surface area (Å²) in [7, 11) is -3.81. The highest BCUT2D eigenvalue weighted by Gasteiger charge is 2.20. The van der Waals surface area contributed by atoms with Crippen molar-refractivity contribution in [3.63, 3.8) is 0 Å². The van der Waals surface area contributed by atoms with E-state index in [9.17, 15) is 23.4 Å². The molecule has 5 rings (SSSR count). The minimum Gasteiger partial charge on any atom is -0.478 e. The van der Waals surface area contributed by atoms with Crippen LogP contribution in [-0.4, -0.2) is 42.6 Å². The first kappa shape index (κ1) is 33.9. The van der Waals surface area contributed by atoms with Gasteiger partial charge in [-0.3, -0.25) is 4.90 Å². The van der Waals surface area contributed by atoms with Gasteiger partial charge >= 0.3 is 5.97 Å². The summed E-state index contributed by atoms with van der Waals surface area (Å²) in [6.45, 7) is 3.60. The number of carboxylic acids is 1. The SMILES string of the molecule is CCc1cccc(C(=O)O)c1Oc1ccc(S(=O)(=O)c2ccc(CCN(Cc3ccccc3)C[C@H](O)c3cccc(Cl)c3)cc2)cc1. The van der Waals surface area contributed by atoms with Crippen molar-refractivity contribution in [2.45, 2.75) is 42.2 Å². The van der Waals surface area contributed by atoms with E-state index < -0.39 is 21.9 Å². The maximum Gasteiger partial charge on any atom is 0.339 e. The standard InChI is InChI=1S/C38H36ClNO6S/c1-2-29-10-7-13-35(38(42)43)37(29)46-32-16-20-34(21-17-32)47(44,45)33-18-14-27(15-19-33)22-23-40(25-28-8-4-3-5-9-28)26-36(41)30-11-6-12-31(39)24-30/h3-21,24,36,41H,2,22-23,25-26H2,1H3,(H,42,43)/t36-/m0/s1. The molecule has 7 nitrogen and oxygen atoms in total. The number of rotatable bonds is 14. The molecule has 0 unspecified atom stereocenters. The van der Waals surface area contributed by atoms with Gasteiger partial charge in [0.1, 0.15) is 17.1 Å². The van der Waals surface area contributed by atoms with Gasteiger partial charge in [0.2, 0.25) is 9.84 Å². The highest BCUT2D eigenvalue weighted by atomic mass is 35.5. The molecule has 0 aliphatic rings. The molecule has 242 valence electrons. The van der Waals surface area contributed by atoms with Crippen LogP contribution in [0.4, 0.5) is 0 Å². The van der Waals surface area contributed by atoms with Crippen molar-refractivity contribution in [1.82, 2.24) is 4.90 Å². The van der Waals surface area contributed by atoms with Crippen molar-refractivity contribution in [3.05, 3.63) is 154 Å². The number of ether oxygens (including phenoxy) is 1. The number of carbonyl (C=O) groups is 1. The number of hydrogen-bond donors (Lipinski definition) is 2. The predicted octanol–water partition coefficient (Wildman–Crippen LogP) is 8.00. The number of nitrogens with zero attached hydrogens (tertiary/aromatic N) is 1. The first-order valence-corrected chi connectivity index (χ1v) is 17.2. The molecule has 47 heavy (non-hydrogen) atoms. The van der Waals surface area contributed by atoms with Crippen molar-refractivity contribution < 1.29 is 28.2 Å². The van der Waals surface area contributed by atoms with Gasteiger partial charge in [0.15, 0.2) is 0 Å². The fourth-order valence-electron chi connectivity index (χ4n) is 5.36. The lowest BCUT2D eigenvalue weighted by atomic mass is 10.1. The first-order chi connectivity index (χ1) is 22.6. The number of para-hydroxylation sites is 1. The molecule has 0 amide bonds. The van der Waals surface area contributed by atoms with E-state index in [0.717, 1.165) is 22.3 Å². The second kappa shape index (κ2) is 15.4. The van der Waals surface area contributed by atoms with E-state index >= 15 is 0 Å². The van der Waals surface area contributed by atoms with Gasteiger partial charge in [0.05, 0.1) is 15.9 Å². The third-order valence-corrected chi connectivity index (χ3v) is 9.95. The molecule has 0 saturated carbocycles. The number of sulfone groups is 1. The zero-order chi connectivity index (χ0) is 33.4. The molecular formula is C38H36ClNO6S. The second-order valence-electron chi connectivity index (χ2n) is 11.2. The van der Waals surface area contributed by atoms with Gasteiger partial charge in [0, 0.05) is 24.7 Å². The summed E-state index contributed by atoms with van der Waals surface area (Å²) >= 11 is 6.15. The average Bonchev–Trinajstić information content (AvgIpc) is 3.08. The summed E-state index contributed by atoms with van der Waals surface area (Å²) in [4.78, 5) is 14.2. The summed E-state index contributed by atoms with van der Waals surface area (Å²) in [6, 6.07) is 35.0. The van der Waals surface area contributed by atoms with Crippen LogP contribution in [0.5, 0.6) is 11.5 Å². The number of aliphatic hydroxyl groups excluding tert-OH is 1. The maximum absolute atomic E-state index is 13.4. The Balaban J connectivity index is 1.26. The van der Waals surface area contributed by atoms with Crippen LogP contribution in [0.2, 0.25) is 5.02 Å². The van der Waals surface area contributed by atoms with Crippen LogP contribution in [0.25, 0.3) is 0 Å². The van der Waals surface area contributed by atoms with Crippen LogP contribution in [0, 0.1) is 0 Å². The molecule has 0 spiro atoms. The van der Waals surface area contributed by atoms with Crippen LogP contribution >= 0.6 is 11.6 Å². The lowest BCUT2D eigenvalue weighted by Gasteiger charge is -2.25. The molecule has 0 fully saturated rings. The number of aliphatic hydroxyl groups is 1. The molecule has 2 N–H and O–H groups in total. The fraction of sp³-hybridized carbons (Fsp3) is 0.184. The van der Waals surface area contributed by atoms with Crippen LogP contribution in [0.15, 0.2) is 131 Å². The number of aromatic carboxylic acids is 1. The summed E-state index contributed by atoms with van der Waals surface area (Å²) < 4.78 is 32.8. The molecule has 9 heteroatoms. The van der Waals surface area contributed by atoms with E-state index in [0.29, 0.717) is 43.2 Å². The van der Waals surface area contributed by atoms with E-state index in [2.05, 4.69) is 17.0 Å². The third-order valence-electron chi connectivity index (χ3n) is 7.93. The Kier molecular flexibility index (Phi) is 11.1. The quantitative estimate of drug-likeness (QED) is 0.123. The Hall–Kier alpha value is -4.47. The Morgan fingerprint density at radius 2 is 1.49 bits per heavy atom. The Morgan fingerprint density at radius 1 is 0.830 bits per heavy atom. The highest BCUT2D eigenvalue weighted by molar-refractivity contribution is 7.91. The van der Waals surface area contributed by atoms with Gasteiger partial charge in [0.25, 0.3) is 0 Å². The summed E-state index contributed by atoms with van der Waals surface area (Å²) in [5.74, 6) is -0.518. The largest absolute Gasteiger partial charge is 0.478 e. The van der Waals surface area contributed by atoms with Crippen molar-refractivity contribution in [1.29, 1.82) is 0 Å². The molecular weight excluding hydrogens is 634 g/mol. The lowest BCUT2D eigenvalue weighted by Crippen LogP contribution is -2.30. The van der Waals surface area contributed by atoms with E-state index in [-0.39, 0.29) is 21.1 Å². The smallest absolute Gasteiger partial charge is 0.339 e. The monoisotopic (exact) mass is 669 g/mol. The normalized spacial score (nSPS) is 12.2. The molecule has 0 radical (unpaired) electrons. The number of carboxylic acid groups (broad SMARTS) is 1. The maximum atomic E-state index is 13.4. The predicted molar refractivity (Wildman–Crippen MR) is 183 cm³/mol. The van der Waals surface area contributed by atoms with Crippen molar-refractivity contribution >= 4 is 27.4 Å². The molecule has 0 heterocycles. The van der Waals surface area contributed by atoms with Crippen molar-refractivity contribution in [2.75, 3.05) is 13.1 Å². The molecule has 0 aromatic heterocycles. The minimum absolute atomic E-state index is 0.0432. The van der Waals surface area contributed by atoms with E-state index in [1.54, 1.807) is 36.4 Å². The van der Waals surface area contributed by atoms with E-state index in [1.165, 1.54) is 30.3 Å². The van der Waals surface area contributed by atoms with Crippen molar-refractivity contribution in [3.8, 4) is 11.5 Å². The van der Waals surface area contributed by atoms with Crippen LogP contribution < -0.4 is 4.74 Å².